The van der Waals surface area contributed by atoms with Crippen LogP contribution < -0.4 is 10.1 Å². The quantitative estimate of drug-likeness (QED) is 0.877. The molecular formula is C16H18FN3O3. The molecule has 1 aromatic carbocycles. The third-order valence-electron chi connectivity index (χ3n) is 3.92. The molecule has 2 atom stereocenters. The Labute approximate surface area is 132 Å². The zero-order chi connectivity index (χ0) is 16.6. The lowest BCUT2D eigenvalue weighted by atomic mass is 9.99. The molecule has 0 fully saturated rings. The molecule has 2 heterocycles. The maximum absolute atomic E-state index is 13.2. The molecule has 0 spiro atoms. The highest BCUT2D eigenvalue weighted by molar-refractivity contribution is 5.82. The van der Waals surface area contributed by atoms with Crippen molar-refractivity contribution in [1.82, 2.24) is 15.1 Å². The van der Waals surface area contributed by atoms with Gasteiger partial charge in [0.15, 0.2) is 6.10 Å². The van der Waals surface area contributed by atoms with Crippen LogP contribution in [0.3, 0.4) is 0 Å². The first-order valence-electron chi connectivity index (χ1n) is 7.29. The monoisotopic (exact) mass is 319 g/mol. The molecule has 7 heteroatoms. The number of nitrogens with one attached hydrogen (secondary N) is 1. The minimum absolute atomic E-state index is 0.0299. The summed E-state index contributed by atoms with van der Waals surface area (Å²) in [5, 5.41) is 17.1. The smallest absolute Gasteiger partial charge is 0.261 e. The van der Waals surface area contributed by atoms with Gasteiger partial charge in [-0.1, -0.05) is 0 Å². The van der Waals surface area contributed by atoms with Crippen LogP contribution in [-0.2, 0) is 23.9 Å². The number of amides is 1. The highest BCUT2D eigenvalue weighted by Gasteiger charge is 2.32. The first-order chi connectivity index (χ1) is 10.8. The van der Waals surface area contributed by atoms with E-state index in [9.17, 15) is 14.3 Å². The lowest BCUT2D eigenvalue weighted by Gasteiger charge is -2.23. The molecule has 0 saturated carbocycles. The molecule has 0 saturated heterocycles. The van der Waals surface area contributed by atoms with Crippen LogP contribution in [0.2, 0.25) is 0 Å². The molecule has 2 aromatic rings. The number of fused-ring (bicyclic) bond motifs is 1. The van der Waals surface area contributed by atoms with E-state index in [4.69, 9.17) is 4.74 Å². The summed E-state index contributed by atoms with van der Waals surface area (Å²) in [5.74, 6) is -0.177. The molecule has 1 aromatic heterocycles. The second-order valence-corrected chi connectivity index (χ2v) is 5.96. The van der Waals surface area contributed by atoms with E-state index in [0.29, 0.717) is 23.3 Å². The van der Waals surface area contributed by atoms with Gasteiger partial charge in [-0.3, -0.25) is 9.48 Å². The molecule has 1 aliphatic heterocycles. The fraction of sp³-hybridized carbons (Fsp3) is 0.375. The van der Waals surface area contributed by atoms with Crippen molar-refractivity contribution in [2.24, 2.45) is 7.05 Å². The number of aliphatic hydroxyl groups is 1. The number of aryl methyl sites for hydroxylation is 1. The molecule has 23 heavy (non-hydrogen) atoms. The lowest BCUT2D eigenvalue weighted by molar-refractivity contribution is -0.128. The van der Waals surface area contributed by atoms with Crippen LogP contribution >= 0.6 is 0 Å². The van der Waals surface area contributed by atoms with Crippen LogP contribution in [0.1, 0.15) is 18.1 Å². The highest BCUT2D eigenvalue weighted by Crippen LogP contribution is 2.29. The highest BCUT2D eigenvalue weighted by atomic mass is 19.1. The Morgan fingerprint density at radius 1 is 1.61 bits per heavy atom. The van der Waals surface area contributed by atoms with Gasteiger partial charge in [-0.25, -0.2) is 4.39 Å². The maximum atomic E-state index is 13.2. The standard InChI is InChI=1S/C16H18FN3O3/c1-16(22,11-7-19-20(2)8-11)9-18-15(21)14-6-10-5-12(17)3-4-13(10)23-14/h3-5,7-8,14,22H,6,9H2,1-2H3,(H,18,21)/t14-,16-/m1/s1. The fourth-order valence-corrected chi connectivity index (χ4v) is 2.54. The van der Waals surface area contributed by atoms with Crippen LogP contribution in [0.4, 0.5) is 4.39 Å². The summed E-state index contributed by atoms with van der Waals surface area (Å²) in [4.78, 5) is 12.2. The lowest BCUT2D eigenvalue weighted by Crippen LogP contribution is -2.44. The van der Waals surface area contributed by atoms with E-state index in [1.165, 1.54) is 18.2 Å². The van der Waals surface area contributed by atoms with Crippen molar-refractivity contribution in [3.63, 3.8) is 0 Å². The number of rotatable bonds is 4. The molecule has 0 aliphatic carbocycles. The predicted molar refractivity (Wildman–Crippen MR) is 80.3 cm³/mol. The normalized spacial score (nSPS) is 18.9. The Bertz CT molecular complexity index is 742. The van der Waals surface area contributed by atoms with E-state index >= 15 is 0 Å². The van der Waals surface area contributed by atoms with Crippen molar-refractivity contribution in [2.75, 3.05) is 6.54 Å². The first kappa shape index (κ1) is 15.5. The number of nitrogens with zero attached hydrogens (tertiary/aromatic N) is 2. The van der Waals surface area contributed by atoms with Crippen LogP contribution in [0.25, 0.3) is 0 Å². The number of carbonyl (C=O) groups is 1. The molecular weight excluding hydrogens is 301 g/mol. The van der Waals surface area contributed by atoms with Crippen molar-refractivity contribution in [1.29, 1.82) is 0 Å². The van der Waals surface area contributed by atoms with Crippen molar-refractivity contribution < 1.29 is 19.0 Å². The number of halogens is 1. The van der Waals surface area contributed by atoms with E-state index in [1.807, 2.05) is 0 Å². The number of benzene rings is 1. The van der Waals surface area contributed by atoms with Gasteiger partial charge in [-0.2, -0.15) is 5.10 Å². The number of carbonyl (C=O) groups excluding carboxylic acids is 1. The summed E-state index contributed by atoms with van der Waals surface area (Å²) in [7, 11) is 1.75. The number of aromatic nitrogens is 2. The van der Waals surface area contributed by atoms with E-state index in [0.717, 1.165) is 0 Å². The summed E-state index contributed by atoms with van der Waals surface area (Å²) in [6.45, 7) is 1.63. The molecule has 2 N–H and O–H groups in total. The zero-order valence-electron chi connectivity index (χ0n) is 12.9. The van der Waals surface area contributed by atoms with Gasteiger partial charge >= 0.3 is 0 Å². The Morgan fingerprint density at radius 3 is 3.09 bits per heavy atom. The van der Waals surface area contributed by atoms with Crippen molar-refractivity contribution >= 4 is 5.91 Å². The third-order valence-corrected chi connectivity index (χ3v) is 3.92. The van der Waals surface area contributed by atoms with Crippen molar-refractivity contribution in [3.8, 4) is 5.75 Å². The van der Waals surface area contributed by atoms with Gasteiger partial charge in [-0.15, -0.1) is 0 Å². The van der Waals surface area contributed by atoms with Gasteiger partial charge in [0, 0.05) is 30.8 Å². The van der Waals surface area contributed by atoms with Gasteiger partial charge in [0.05, 0.1) is 12.7 Å². The Balaban J connectivity index is 1.60. The van der Waals surface area contributed by atoms with Crippen LogP contribution in [-0.4, -0.2) is 33.4 Å². The third kappa shape index (κ3) is 3.19. The van der Waals surface area contributed by atoms with E-state index < -0.39 is 11.7 Å². The second-order valence-electron chi connectivity index (χ2n) is 5.96. The summed E-state index contributed by atoms with van der Waals surface area (Å²) >= 11 is 0. The second kappa shape index (κ2) is 5.66. The summed E-state index contributed by atoms with van der Waals surface area (Å²) in [5.41, 5.74) is 0.0451. The minimum Gasteiger partial charge on any atom is -0.480 e. The molecule has 1 aliphatic rings. The molecule has 0 radical (unpaired) electrons. The van der Waals surface area contributed by atoms with Crippen molar-refractivity contribution in [3.05, 3.63) is 47.5 Å². The molecule has 6 nitrogen and oxygen atoms in total. The number of ether oxygens (including phenoxy) is 1. The summed E-state index contributed by atoms with van der Waals surface area (Å²) < 4.78 is 20.3. The first-order valence-corrected chi connectivity index (χ1v) is 7.29. The Kier molecular flexibility index (Phi) is 3.81. The zero-order valence-corrected chi connectivity index (χ0v) is 12.9. The van der Waals surface area contributed by atoms with Crippen LogP contribution in [0.5, 0.6) is 5.75 Å². The topological polar surface area (TPSA) is 76.4 Å². The summed E-state index contributed by atoms with van der Waals surface area (Å²) in [6, 6.07) is 4.18. The predicted octanol–water partition coefficient (Wildman–Crippen LogP) is 0.887. The van der Waals surface area contributed by atoms with Crippen LogP contribution in [0, 0.1) is 5.82 Å². The van der Waals surface area contributed by atoms with Gasteiger partial charge in [0.2, 0.25) is 0 Å². The SMILES string of the molecule is Cn1cc([C@](C)(O)CNC(=O)[C@H]2Cc3cc(F)ccc3O2)cn1. The summed E-state index contributed by atoms with van der Waals surface area (Å²) in [6.07, 6.45) is 2.85. The van der Waals surface area contributed by atoms with E-state index in [2.05, 4.69) is 10.4 Å². The molecule has 122 valence electrons. The van der Waals surface area contributed by atoms with Gasteiger partial charge in [-0.05, 0) is 25.1 Å². The Hall–Kier alpha value is -2.41. The molecule has 0 bridgehead atoms. The van der Waals surface area contributed by atoms with Crippen LogP contribution in [0.15, 0.2) is 30.6 Å². The molecule has 0 unspecified atom stereocenters. The largest absolute Gasteiger partial charge is 0.480 e. The minimum atomic E-state index is -1.23. The van der Waals surface area contributed by atoms with Gasteiger partial charge in [0.1, 0.15) is 17.2 Å². The number of hydrogen-bond acceptors (Lipinski definition) is 4. The number of hydrogen-bond donors (Lipinski definition) is 2. The van der Waals surface area contributed by atoms with Crippen molar-refractivity contribution in [2.45, 2.75) is 25.0 Å². The average molecular weight is 319 g/mol. The Morgan fingerprint density at radius 2 is 2.39 bits per heavy atom. The van der Waals surface area contributed by atoms with E-state index in [1.54, 1.807) is 31.0 Å². The molecule has 1 amide bonds. The van der Waals surface area contributed by atoms with Gasteiger partial charge in [0.25, 0.3) is 5.91 Å². The average Bonchev–Trinajstić information content (AvgIpc) is 3.11. The molecule has 3 rings (SSSR count). The van der Waals surface area contributed by atoms with E-state index in [-0.39, 0.29) is 18.3 Å². The van der Waals surface area contributed by atoms with Gasteiger partial charge < -0.3 is 15.2 Å². The maximum Gasteiger partial charge on any atom is 0.261 e. The fourth-order valence-electron chi connectivity index (χ4n) is 2.54.